The van der Waals surface area contributed by atoms with Crippen LogP contribution in [-0.4, -0.2) is 31.0 Å². The maximum absolute atomic E-state index is 6.19. The Morgan fingerprint density at radius 2 is 2.10 bits per heavy atom. The van der Waals surface area contributed by atoms with Crippen molar-refractivity contribution in [3.05, 3.63) is 34.9 Å². The van der Waals surface area contributed by atoms with Crippen LogP contribution in [0.15, 0.2) is 29.3 Å². The first-order valence-corrected chi connectivity index (χ1v) is 7.79. The van der Waals surface area contributed by atoms with Crippen LogP contribution in [0.4, 0.5) is 0 Å². The van der Waals surface area contributed by atoms with Gasteiger partial charge in [-0.15, -0.1) is 24.0 Å². The van der Waals surface area contributed by atoms with Crippen molar-refractivity contribution in [3.8, 4) is 0 Å². The molecule has 3 nitrogen and oxygen atoms in total. The van der Waals surface area contributed by atoms with E-state index in [4.69, 9.17) is 11.6 Å². The first kappa shape index (κ1) is 16.9. The van der Waals surface area contributed by atoms with Gasteiger partial charge in [0.2, 0.25) is 0 Å². The minimum atomic E-state index is 0. The molecule has 1 aromatic rings. The zero-order chi connectivity index (χ0) is 14.0. The van der Waals surface area contributed by atoms with Crippen LogP contribution in [-0.2, 0) is 6.54 Å². The van der Waals surface area contributed by atoms with Gasteiger partial charge in [-0.1, -0.05) is 36.2 Å². The molecular weight excluding hydrogens is 397 g/mol. The van der Waals surface area contributed by atoms with Crippen LogP contribution in [0.3, 0.4) is 0 Å². The molecule has 1 N–H and O–H groups in total. The second-order valence-electron chi connectivity index (χ2n) is 6.02. The molecule has 2 fully saturated rings. The SMILES string of the molecule is CN=C(NCc1ccccc1Cl)N1CCC2(CCC2)C1.I. The zero-order valence-electron chi connectivity index (χ0n) is 12.4. The smallest absolute Gasteiger partial charge is 0.193 e. The average molecular weight is 420 g/mol. The molecule has 1 saturated carbocycles. The molecule has 1 aliphatic heterocycles. The molecule has 1 aromatic carbocycles. The molecule has 0 radical (unpaired) electrons. The largest absolute Gasteiger partial charge is 0.352 e. The average Bonchev–Trinajstić information content (AvgIpc) is 2.87. The summed E-state index contributed by atoms with van der Waals surface area (Å²) in [6.07, 6.45) is 5.51. The van der Waals surface area contributed by atoms with Crippen LogP contribution >= 0.6 is 35.6 Å². The third kappa shape index (κ3) is 3.65. The Labute approximate surface area is 149 Å². The van der Waals surface area contributed by atoms with Gasteiger partial charge in [0.25, 0.3) is 0 Å². The molecule has 1 heterocycles. The molecule has 0 unspecified atom stereocenters. The molecule has 116 valence electrons. The highest BCUT2D eigenvalue weighted by atomic mass is 127. The summed E-state index contributed by atoms with van der Waals surface area (Å²) in [5.74, 6) is 1.01. The quantitative estimate of drug-likeness (QED) is 0.447. The van der Waals surface area contributed by atoms with Crippen molar-refractivity contribution in [2.45, 2.75) is 32.2 Å². The molecule has 21 heavy (non-hydrogen) atoms. The van der Waals surface area contributed by atoms with Gasteiger partial charge in [-0.3, -0.25) is 4.99 Å². The fourth-order valence-electron chi connectivity index (χ4n) is 3.35. The lowest BCUT2D eigenvalue weighted by Gasteiger charge is -2.38. The van der Waals surface area contributed by atoms with Gasteiger partial charge >= 0.3 is 0 Å². The van der Waals surface area contributed by atoms with E-state index in [2.05, 4.69) is 21.3 Å². The molecule has 5 heteroatoms. The van der Waals surface area contributed by atoms with E-state index in [1.807, 2.05) is 25.2 Å². The number of aliphatic imine (C=N–C) groups is 1. The summed E-state index contributed by atoms with van der Waals surface area (Å²) in [7, 11) is 1.86. The van der Waals surface area contributed by atoms with E-state index in [1.54, 1.807) is 0 Å². The van der Waals surface area contributed by atoms with Gasteiger partial charge in [-0.25, -0.2) is 0 Å². The Hall–Kier alpha value is -0.490. The number of halogens is 2. The number of nitrogens with zero attached hydrogens (tertiary/aromatic N) is 2. The topological polar surface area (TPSA) is 27.6 Å². The molecule has 1 spiro atoms. The second kappa shape index (κ2) is 7.18. The van der Waals surface area contributed by atoms with Crippen LogP contribution in [0.25, 0.3) is 0 Å². The summed E-state index contributed by atoms with van der Waals surface area (Å²) in [6, 6.07) is 7.97. The van der Waals surface area contributed by atoms with Crippen molar-refractivity contribution in [3.63, 3.8) is 0 Å². The summed E-state index contributed by atoms with van der Waals surface area (Å²) in [5.41, 5.74) is 1.72. The monoisotopic (exact) mass is 419 g/mol. The fourth-order valence-corrected chi connectivity index (χ4v) is 3.55. The first-order valence-electron chi connectivity index (χ1n) is 7.41. The standard InChI is InChI=1S/C16H22ClN3.HI/c1-18-15(19-11-13-5-2-3-6-14(13)17)20-10-9-16(12-20)7-4-8-16;/h2-3,5-6H,4,7-12H2,1H3,(H,18,19);1H. The van der Waals surface area contributed by atoms with E-state index in [0.717, 1.165) is 36.2 Å². The molecule has 1 aliphatic carbocycles. The van der Waals surface area contributed by atoms with Crippen molar-refractivity contribution in [2.75, 3.05) is 20.1 Å². The Morgan fingerprint density at radius 3 is 2.67 bits per heavy atom. The van der Waals surface area contributed by atoms with Gasteiger partial charge in [-0.05, 0) is 36.3 Å². The molecule has 0 bridgehead atoms. The number of nitrogens with one attached hydrogen (secondary N) is 1. The lowest BCUT2D eigenvalue weighted by molar-refractivity contribution is 0.151. The first-order chi connectivity index (χ1) is 9.72. The van der Waals surface area contributed by atoms with E-state index in [9.17, 15) is 0 Å². The maximum Gasteiger partial charge on any atom is 0.193 e. The minimum Gasteiger partial charge on any atom is -0.352 e. The molecule has 0 amide bonds. The zero-order valence-corrected chi connectivity index (χ0v) is 15.5. The number of hydrogen-bond acceptors (Lipinski definition) is 1. The Bertz CT molecular complexity index is 514. The second-order valence-corrected chi connectivity index (χ2v) is 6.42. The van der Waals surface area contributed by atoms with Crippen molar-refractivity contribution >= 4 is 41.5 Å². The third-order valence-electron chi connectivity index (χ3n) is 4.76. The van der Waals surface area contributed by atoms with Crippen molar-refractivity contribution in [1.82, 2.24) is 10.2 Å². The van der Waals surface area contributed by atoms with E-state index in [0.29, 0.717) is 5.41 Å². The fraction of sp³-hybridized carbons (Fsp3) is 0.562. The van der Waals surface area contributed by atoms with Crippen LogP contribution in [0.2, 0.25) is 5.02 Å². The van der Waals surface area contributed by atoms with Gasteiger partial charge in [-0.2, -0.15) is 0 Å². The lowest BCUT2D eigenvalue weighted by atomic mass is 9.68. The van der Waals surface area contributed by atoms with Crippen molar-refractivity contribution in [2.24, 2.45) is 10.4 Å². The molecule has 1 saturated heterocycles. The Balaban J connectivity index is 0.00000161. The molecule has 3 rings (SSSR count). The molecule has 0 atom stereocenters. The molecular formula is C16H23ClIN3. The Kier molecular flexibility index (Phi) is 5.77. The van der Waals surface area contributed by atoms with E-state index >= 15 is 0 Å². The summed E-state index contributed by atoms with van der Waals surface area (Å²) in [5, 5.41) is 4.26. The number of guanidine groups is 1. The normalized spacial score (nSPS) is 20.1. The van der Waals surface area contributed by atoms with Gasteiger partial charge in [0.15, 0.2) is 5.96 Å². The van der Waals surface area contributed by atoms with Crippen LogP contribution < -0.4 is 5.32 Å². The third-order valence-corrected chi connectivity index (χ3v) is 5.13. The van der Waals surface area contributed by atoms with Crippen LogP contribution in [0, 0.1) is 5.41 Å². The van der Waals surface area contributed by atoms with Crippen molar-refractivity contribution in [1.29, 1.82) is 0 Å². The van der Waals surface area contributed by atoms with Gasteiger partial charge < -0.3 is 10.2 Å². The summed E-state index contributed by atoms with van der Waals surface area (Å²) in [6.45, 7) is 3.02. The highest BCUT2D eigenvalue weighted by Crippen LogP contribution is 2.47. The predicted molar refractivity (Wildman–Crippen MR) is 99.5 cm³/mol. The van der Waals surface area contributed by atoms with E-state index < -0.39 is 0 Å². The summed E-state index contributed by atoms with van der Waals surface area (Å²) >= 11 is 6.19. The van der Waals surface area contributed by atoms with Crippen molar-refractivity contribution < 1.29 is 0 Å². The molecule has 0 aromatic heterocycles. The number of benzene rings is 1. The number of likely N-dealkylation sites (tertiary alicyclic amines) is 1. The lowest BCUT2D eigenvalue weighted by Crippen LogP contribution is -2.42. The van der Waals surface area contributed by atoms with Crippen LogP contribution in [0.5, 0.6) is 0 Å². The van der Waals surface area contributed by atoms with E-state index in [-0.39, 0.29) is 24.0 Å². The predicted octanol–water partition coefficient (Wildman–Crippen LogP) is 3.91. The highest BCUT2D eigenvalue weighted by Gasteiger charge is 2.43. The summed E-state index contributed by atoms with van der Waals surface area (Å²) < 4.78 is 0. The maximum atomic E-state index is 6.19. The van der Waals surface area contributed by atoms with Crippen LogP contribution in [0.1, 0.15) is 31.2 Å². The minimum absolute atomic E-state index is 0. The number of hydrogen-bond donors (Lipinski definition) is 1. The summed E-state index contributed by atoms with van der Waals surface area (Å²) in [4.78, 5) is 6.83. The highest BCUT2D eigenvalue weighted by molar-refractivity contribution is 14.0. The number of rotatable bonds is 2. The molecule has 2 aliphatic rings. The Morgan fingerprint density at radius 1 is 1.33 bits per heavy atom. The van der Waals surface area contributed by atoms with Gasteiger partial charge in [0.1, 0.15) is 0 Å². The van der Waals surface area contributed by atoms with Gasteiger partial charge in [0.05, 0.1) is 0 Å². The van der Waals surface area contributed by atoms with E-state index in [1.165, 1.54) is 25.7 Å². The van der Waals surface area contributed by atoms with Gasteiger partial charge in [0, 0.05) is 31.7 Å².